The van der Waals surface area contributed by atoms with Gasteiger partial charge in [-0.25, -0.2) is 9.79 Å². The normalized spacial score (nSPS) is 15.8. The van der Waals surface area contributed by atoms with Crippen molar-refractivity contribution in [1.29, 1.82) is 0 Å². The second kappa shape index (κ2) is 9.18. The highest BCUT2D eigenvalue weighted by Crippen LogP contribution is 2.36. The molecule has 6 nitrogen and oxygen atoms in total. The lowest BCUT2D eigenvalue weighted by atomic mass is 10.0. The summed E-state index contributed by atoms with van der Waals surface area (Å²) in [5.41, 5.74) is 0.812. The number of amides is 3. The number of fused-ring (bicyclic) bond motifs is 1. The topological polar surface area (TPSA) is 73.8 Å². The van der Waals surface area contributed by atoms with E-state index in [-0.39, 0.29) is 5.02 Å². The number of carbonyl (C=O) groups excluding carboxylic acids is 2. The molecule has 3 aromatic carbocycles. The Kier molecular flexibility index (Phi) is 6.30. The Balaban J connectivity index is 1.68. The van der Waals surface area contributed by atoms with Gasteiger partial charge in [0.25, 0.3) is 5.91 Å². The van der Waals surface area contributed by atoms with Crippen LogP contribution in [0.3, 0.4) is 0 Å². The van der Waals surface area contributed by atoms with Crippen molar-refractivity contribution in [1.82, 2.24) is 5.32 Å². The fourth-order valence-electron chi connectivity index (χ4n) is 3.59. The first-order chi connectivity index (χ1) is 16.1. The van der Waals surface area contributed by atoms with Crippen molar-refractivity contribution >= 4 is 40.6 Å². The first-order valence-corrected chi connectivity index (χ1v) is 10.5. The molecule has 0 fully saturated rings. The Bertz CT molecular complexity index is 1280. The highest BCUT2D eigenvalue weighted by molar-refractivity contribution is 6.30. The number of nitrogens with zero attached hydrogens (tertiary/aromatic N) is 2. The fraction of sp³-hybridized carbons (Fsp3) is 0.125. The van der Waals surface area contributed by atoms with E-state index < -0.39 is 35.5 Å². The number of carbonyl (C=O) groups is 2. The molecule has 0 aromatic heterocycles. The monoisotopic (exact) mass is 486 g/mol. The fourth-order valence-corrected chi connectivity index (χ4v) is 3.76. The molecule has 0 aliphatic carbocycles. The summed E-state index contributed by atoms with van der Waals surface area (Å²) in [6, 6.07) is 18.1. The Morgan fingerprint density at radius 2 is 1.71 bits per heavy atom. The summed E-state index contributed by atoms with van der Waals surface area (Å²) in [5, 5.41) is 4.41. The van der Waals surface area contributed by atoms with Crippen molar-refractivity contribution in [3.63, 3.8) is 0 Å². The number of nitrogens with one attached hydrogen (secondary N) is 2. The molecular weight excluding hydrogens is 469 g/mol. The maximum Gasteiger partial charge on any atom is 0.418 e. The minimum Gasteiger partial charge on any atom is -0.311 e. The number of halogens is 4. The number of benzodiazepines with no additional fused rings is 1. The first-order valence-electron chi connectivity index (χ1n) is 10.1. The number of alkyl halides is 3. The number of hydrogen-bond acceptors (Lipinski definition) is 3. The molecule has 2 N–H and O–H groups in total. The number of para-hydroxylation sites is 1. The van der Waals surface area contributed by atoms with Crippen LogP contribution in [-0.2, 0) is 11.0 Å². The molecule has 0 saturated carbocycles. The van der Waals surface area contributed by atoms with Crippen LogP contribution in [0, 0.1) is 0 Å². The van der Waals surface area contributed by atoms with E-state index in [2.05, 4.69) is 15.6 Å². The second-order valence-corrected chi connectivity index (χ2v) is 7.88. The van der Waals surface area contributed by atoms with Crippen molar-refractivity contribution in [2.75, 3.05) is 17.3 Å². The molecule has 1 atom stereocenters. The van der Waals surface area contributed by atoms with Crippen LogP contribution in [0.5, 0.6) is 0 Å². The average molecular weight is 487 g/mol. The number of anilines is 2. The Hall–Kier alpha value is -3.85. The molecule has 3 amide bonds. The summed E-state index contributed by atoms with van der Waals surface area (Å²) in [7, 11) is 1.54. The van der Waals surface area contributed by atoms with Crippen molar-refractivity contribution < 1.29 is 22.8 Å². The number of hydrogen-bond donors (Lipinski definition) is 2. The largest absolute Gasteiger partial charge is 0.418 e. The van der Waals surface area contributed by atoms with Gasteiger partial charge in [-0.1, -0.05) is 60.1 Å². The minimum absolute atomic E-state index is 0.131. The zero-order chi connectivity index (χ0) is 24.5. The second-order valence-electron chi connectivity index (χ2n) is 7.45. The molecule has 0 radical (unpaired) electrons. The summed E-state index contributed by atoms with van der Waals surface area (Å²) in [4.78, 5) is 31.6. The van der Waals surface area contributed by atoms with Gasteiger partial charge in [0.15, 0.2) is 0 Å². The minimum atomic E-state index is -4.74. The van der Waals surface area contributed by atoms with E-state index in [0.717, 1.165) is 6.07 Å². The number of likely N-dealkylation sites (N-methyl/N-ethyl adjacent to an activating group) is 1. The van der Waals surface area contributed by atoms with E-state index >= 15 is 0 Å². The van der Waals surface area contributed by atoms with Crippen LogP contribution in [0.1, 0.15) is 16.7 Å². The molecule has 4 rings (SSSR count). The molecule has 0 bridgehead atoms. The molecule has 0 saturated heterocycles. The standard InChI is InChI=1S/C24H18ClF3N4O2/c1-32-19-10-6-5-9-16(19)20(14-7-3-2-4-8-14)30-21(22(32)33)31-23(34)29-18-12-11-15(25)13-17(18)24(26,27)28/h2-13,21H,1H3,(H2,29,31,34). The van der Waals surface area contributed by atoms with Crippen molar-refractivity contribution in [2.45, 2.75) is 12.3 Å². The van der Waals surface area contributed by atoms with Crippen LogP contribution in [0.25, 0.3) is 0 Å². The molecule has 174 valence electrons. The van der Waals surface area contributed by atoms with Crippen LogP contribution >= 0.6 is 11.6 Å². The van der Waals surface area contributed by atoms with Crippen molar-refractivity contribution in [2.24, 2.45) is 4.99 Å². The maximum absolute atomic E-state index is 13.4. The van der Waals surface area contributed by atoms with E-state index in [4.69, 9.17) is 11.6 Å². The van der Waals surface area contributed by atoms with Gasteiger partial charge in [0.2, 0.25) is 6.17 Å². The van der Waals surface area contributed by atoms with Crippen LogP contribution < -0.4 is 15.5 Å². The third-order valence-corrected chi connectivity index (χ3v) is 5.43. The molecule has 10 heteroatoms. The highest BCUT2D eigenvalue weighted by Gasteiger charge is 2.35. The predicted molar refractivity (Wildman–Crippen MR) is 124 cm³/mol. The quantitative estimate of drug-likeness (QED) is 0.526. The van der Waals surface area contributed by atoms with E-state index in [1.54, 1.807) is 24.3 Å². The molecule has 1 heterocycles. The van der Waals surface area contributed by atoms with Gasteiger partial charge in [0.1, 0.15) is 0 Å². The molecule has 0 spiro atoms. The smallest absolute Gasteiger partial charge is 0.311 e. The summed E-state index contributed by atoms with van der Waals surface area (Å²) in [6.45, 7) is 0. The number of rotatable bonds is 3. The third kappa shape index (κ3) is 4.74. The van der Waals surface area contributed by atoms with E-state index in [1.807, 2.05) is 30.3 Å². The predicted octanol–water partition coefficient (Wildman–Crippen LogP) is 5.32. The van der Waals surface area contributed by atoms with Gasteiger partial charge in [-0.3, -0.25) is 4.79 Å². The van der Waals surface area contributed by atoms with Gasteiger partial charge in [0, 0.05) is 23.2 Å². The van der Waals surface area contributed by atoms with Crippen molar-refractivity contribution in [3.8, 4) is 0 Å². The van der Waals surface area contributed by atoms with Gasteiger partial charge in [-0.05, 0) is 24.3 Å². The summed E-state index contributed by atoms with van der Waals surface area (Å²) in [6.07, 6.45) is -6.12. The zero-order valence-corrected chi connectivity index (χ0v) is 18.5. The molecular formula is C24H18ClF3N4O2. The van der Waals surface area contributed by atoms with E-state index in [9.17, 15) is 22.8 Å². The van der Waals surface area contributed by atoms with Crippen molar-refractivity contribution in [3.05, 3.63) is 94.5 Å². The van der Waals surface area contributed by atoms with Gasteiger partial charge in [0.05, 0.1) is 22.6 Å². The SMILES string of the molecule is CN1C(=O)C(NC(=O)Nc2ccc(Cl)cc2C(F)(F)F)N=C(c2ccccc2)c2ccccc21. The molecule has 1 aliphatic heterocycles. The van der Waals surface area contributed by atoms with Gasteiger partial charge >= 0.3 is 12.2 Å². The highest BCUT2D eigenvalue weighted by atomic mass is 35.5. The Morgan fingerprint density at radius 1 is 1.03 bits per heavy atom. The Morgan fingerprint density at radius 3 is 2.41 bits per heavy atom. The van der Waals surface area contributed by atoms with Crippen LogP contribution in [0.15, 0.2) is 77.8 Å². The summed E-state index contributed by atoms with van der Waals surface area (Å²) < 4.78 is 40.1. The first kappa shape index (κ1) is 23.3. The zero-order valence-electron chi connectivity index (χ0n) is 17.7. The lowest BCUT2D eigenvalue weighted by Gasteiger charge is -2.21. The number of aliphatic imine (C=N–C) groups is 1. The number of benzene rings is 3. The van der Waals surface area contributed by atoms with Gasteiger partial charge in [-0.2, -0.15) is 13.2 Å². The molecule has 1 unspecified atom stereocenters. The summed E-state index contributed by atoms with van der Waals surface area (Å²) >= 11 is 5.69. The van der Waals surface area contributed by atoms with Crippen LogP contribution in [0.4, 0.5) is 29.3 Å². The lowest BCUT2D eigenvalue weighted by molar-refractivity contribution is -0.137. The molecule has 34 heavy (non-hydrogen) atoms. The van der Waals surface area contributed by atoms with Gasteiger partial charge < -0.3 is 15.5 Å². The van der Waals surface area contributed by atoms with E-state index in [1.165, 1.54) is 18.0 Å². The van der Waals surface area contributed by atoms with Crippen LogP contribution in [0.2, 0.25) is 5.02 Å². The van der Waals surface area contributed by atoms with E-state index in [0.29, 0.717) is 28.6 Å². The molecule has 1 aliphatic rings. The van der Waals surface area contributed by atoms with Gasteiger partial charge in [-0.15, -0.1) is 0 Å². The Labute approximate surface area is 198 Å². The third-order valence-electron chi connectivity index (χ3n) is 5.19. The average Bonchev–Trinajstić information content (AvgIpc) is 2.91. The lowest BCUT2D eigenvalue weighted by Crippen LogP contribution is -2.47. The summed E-state index contributed by atoms with van der Waals surface area (Å²) in [5.74, 6) is -0.555. The van der Waals surface area contributed by atoms with Crippen LogP contribution in [-0.4, -0.2) is 30.9 Å². The molecule has 3 aromatic rings. The maximum atomic E-state index is 13.4. The number of urea groups is 1.